The van der Waals surface area contributed by atoms with Crippen molar-refractivity contribution >= 4 is 17.9 Å². The number of hydrogen-bond donors (Lipinski definition) is 2. The molecular formula is C13H19N6+. The summed E-state index contributed by atoms with van der Waals surface area (Å²) in [6.07, 6.45) is 8.33. The van der Waals surface area contributed by atoms with Crippen LogP contribution < -0.4 is 15.6 Å². The molecule has 1 aliphatic rings. The van der Waals surface area contributed by atoms with Crippen molar-refractivity contribution in [1.82, 2.24) is 14.9 Å². The molecule has 0 saturated carbocycles. The molecule has 2 heterocycles. The second-order valence-electron chi connectivity index (χ2n) is 4.47. The van der Waals surface area contributed by atoms with Gasteiger partial charge in [-0.1, -0.05) is 5.92 Å². The lowest BCUT2D eigenvalue weighted by atomic mass is 10.2. The first-order valence-corrected chi connectivity index (χ1v) is 6.27. The molecule has 6 heteroatoms. The fraction of sp³-hybridized carbons (Fsp3) is 0.462. The summed E-state index contributed by atoms with van der Waals surface area (Å²) < 4.78 is 0. The van der Waals surface area contributed by atoms with Crippen molar-refractivity contribution in [1.29, 1.82) is 0 Å². The fourth-order valence-electron chi connectivity index (χ4n) is 2.09. The van der Waals surface area contributed by atoms with Crippen LogP contribution >= 0.6 is 0 Å². The Morgan fingerprint density at radius 2 is 2.16 bits per heavy atom. The molecular weight excluding hydrogens is 240 g/mol. The Hall–Kier alpha value is -2.13. The van der Waals surface area contributed by atoms with Crippen molar-refractivity contribution in [2.24, 2.45) is 0 Å². The third kappa shape index (κ3) is 3.01. The standard InChI is InChI=1S/C13H18N6/c1-3-4-15-12-11(9-14)13(17-10-16-12)19-7-5-18(2)6-8-19/h1,9-10,14H,4-8H2,2H3,(H,15,16,17)/p+1. The van der Waals surface area contributed by atoms with Crippen LogP contribution in [0.5, 0.6) is 0 Å². The second-order valence-corrected chi connectivity index (χ2v) is 4.47. The average Bonchev–Trinajstić information content (AvgIpc) is 2.45. The van der Waals surface area contributed by atoms with E-state index in [-0.39, 0.29) is 0 Å². The molecule has 2 rings (SSSR count). The van der Waals surface area contributed by atoms with Gasteiger partial charge in [-0.3, -0.25) is 5.41 Å². The first kappa shape index (κ1) is 13.3. The van der Waals surface area contributed by atoms with Gasteiger partial charge in [-0.05, 0) is 7.05 Å². The van der Waals surface area contributed by atoms with E-state index in [0.717, 1.165) is 37.6 Å². The van der Waals surface area contributed by atoms with Crippen molar-refractivity contribution in [2.75, 3.05) is 50.0 Å². The molecule has 1 aromatic rings. The van der Waals surface area contributed by atoms with E-state index in [1.165, 1.54) is 6.21 Å². The van der Waals surface area contributed by atoms with E-state index in [1.807, 2.05) is 0 Å². The van der Waals surface area contributed by atoms with Crippen LogP contribution in [0, 0.1) is 12.3 Å². The minimum atomic E-state index is 0.417. The van der Waals surface area contributed by atoms with Gasteiger partial charge in [0.05, 0.1) is 6.54 Å². The van der Waals surface area contributed by atoms with Crippen LogP contribution in [-0.2, 0) is 0 Å². The number of terminal acetylenes is 1. The van der Waals surface area contributed by atoms with Crippen LogP contribution in [0.15, 0.2) is 6.33 Å². The van der Waals surface area contributed by atoms with Crippen LogP contribution in [0.2, 0.25) is 0 Å². The smallest absolute Gasteiger partial charge is 0.174 e. The Kier molecular flexibility index (Phi) is 4.31. The Labute approximate surface area is 113 Å². The normalized spacial score (nSPS) is 15.9. The number of likely N-dealkylation sites (N-methyl/N-ethyl adjacent to an activating group) is 1. The van der Waals surface area contributed by atoms with Gasteiger partial charge in [0, 0.05) is 26.2 Å². The summed E-state index contributed by atoms with van der Waals surface area (Å²) in [6, 6.07) is 0. The maximum atomic E-state index is 5.72. The monoisotopic (exact) mass is 259 g/mol. The Morgan fingerprint density at radius 3 is 2.79 bits per heavy atom. The number of rotatable bonds is 4. The number of nitrogens with two attached hydrogens (primary N) is 1. The molecule has 19 heavy (non-hydrogen) atoms. The molecule has 1 aliphatic heterocycles. The predicted molar refractivity (Wildman–Crippen MR) is 76.2 cm³/mol. The van der Waals surface area contributed by atoms with Crippen molar-refractivity contribution in [3.8, 4) is 12.3 Å². The first-order valence-electron chi connectivity index (χ1n) is 6.27. The summed E-state index contributed by atoms with van der Waals surface area (Å²) in [6.45, 7) is 4.31. The average molecular weight is 259 g/mol. The molecule has 0 aromatic carbocycles. The highest BCUT2D eigenvalue weighted by Gasteiger charge is 2.20. The molecule has 0 spiro atoms. The highest BCUT2D eigenvalue weighted by molar-refractivity contribution is 5.89. The molecule has 1 aromatic heterocycles. The Morgan fingerprint density at radius 1 is 1.42 bits per heavy atom. The summed E-state index contributed by atoms with van der Waals surface area (Å²) in [5, 5.41) is 8.79. The quantitative estimate of drug-likeness (QED) is 0.506. The van der Waals surface area contributed by atoms with E-state index in [9.17, 15) is 0 Å². The summed E-state index contributed by atoms with van der Waals surface area (Å²) in [7, 11) is 2.12. The fourth-order valence-corrected chi connectivity index (χ4v) is 2.09. The predicted octanol–water partition coefficient (Wildman–Crippen LogP) is -1.55. The van der Waals surface area contributed by atoms with Gasteiger partial charge in [-0.15, -0.1) is 6.42 Å². The second kappa shape index (κ2) is 6.16. The van der Waals surface area contributed by atoms with E-state index in [0.29, 0.717) is 12.4 Å². The zero-order valence-electron chi connectivity index (χ0n) is 11.1. The molecule has 1 fully saturated rings. The minimum absolute atomic E-state index is 0.417. The van der Waals surface area contributed by atoms with Gasteiger partial charge in [0.1, 0.15) is 23.5 Å². The summed E-state index contributed by atoms with van der Waals surface area (Å²) in [4.78, 5) is 13.1. The molecule has 6 nitrogen and oxygen atoms in total. The topological polar surface area (TPSA) is 69.9 Å². The van der Waals surface area contributed by atoms with Gasteiger partial charge in [0.25, 0.3) is 0 Å². The lowest BCUT2D eigenvalue weighted by molar-refractivity contribution is -0.104. The maximum Gasteiger partial charge on any atom is 0.174 e. The van der Waals surface area contributed by atoms with E-state index in [2.05, 4.69) is 38.1 Å². The van der Waals surface area contributed by atoms with Crippen LogP contribution in [0.4, 0.5) is 11.6 Å². The van der Waals surface area contributed by atoms with Crippen LogP contribution in [0.3, 0.4) is 0 Å². The van der Waals surface area contributed by atoms with Crippen molar-refractivity contribution in [2.45, 2.75) is 0 Å². The Bertz CT molecular complexity index is 484. The van der Waals surface area contributed by atoms with E-state index < -0.39 is 0 Å². The Balaban J connectivity index is 2.24. The number of aromatic nitrogens is 2. The highest BCUT2D eigenvalue weighted by atomic mass is 15.3. The van der Waals surface area contributed by atoms with E-state index in [4.69, 9.17) is 11.8 Å². The minimum Gasteiger partial charge on any atom is -0.358 e. The van der Waals surface area contributed by atoms with Crippen LogP contribution in [-0.4, -0.2) is 60.9 Å². The van der Waals surface area contributed by atoms with Crippen LogP contribution in [0.25, 0.3) is 0 Å². The van der Waals surface area contributed by atoms with Gasteiger partial charge in [-0.25, -0.2) is 9.97 Å². The molecule has 0 amide bonds. The van der Waals surface area contributed by atoms with Crippen molar-refractivity contribution in [3.05, 3.63) is 11.9 Å². The number of anilines is 2. The van der Waals surface area contributed by atoms with Gasteiger partial charge < -0.3 is 15.1 Å². The molecule has 1 saturated heterocycles. The van der Waals surface area contributed by atoms with Crippen molar-refractivity contribution in [3.63, 3.8) is 0 Å². The first-order chi connectivity index (χ1) is 9.26. The SMILES string of the molecule is C#CCNc1ncnc(N2CCN(C)CC2)c1C=[NH2+]. The largest absolute Gasteiger partial charge is 0.358 e. The van der Waals surface area contributed by atoms with Gasteiger partial charge >= 0.3 is 0 Å². The molecule has 0 radical (unpaired) electrons. The maximum absolute atomic E-state index is 5.72. The molecule has 0 atom stereocenters. The van der Waals surface area contributed by atoms with Gasteiger partial charge in [0.15, 0.2) is 6.21 Å². The third-order valence-electron chi connectivity index (χ3n) is 3.19. The number of nitrogens with one attached hydrogen (secondary N) is 1. The van der Waals surface area contributed by atoms with E-state index in [1.54, 1.807) is 6.33 Å². The van der Waals surface area contributed by atoms with Gasteiger partial charge in [0.2, 0.25) is 0 Å². The molecule has 0 bridgehead atoms. The summed E-state index contributed by atoms with van der Waals surface area (Å²) in [5.41, 5.74) is 0.808. The lowest BCUT2D eigenvalue weighted by Crippen LogP contribution is -2.45. The zero-order valence-corrected chi connectivity index (χ0v) is 11.1. The van der Waals surface area contributed by atoms with Gasteiger partial charge in [-0.2, -0.15) is 0 Å². The third-order valence-corrected chi connectivity index (χ3v) is 3.19. The number of piperazine rings is 1. The zero-order chi connectivity index (χ0) is 13.7. The molecule has 0 unspecified atom stereocenters. The molecule has 100 valence electrons. The number of hydrogen-bond acceptors (Lipinski definition) is 5. The lowest BCUT2D eigenvalue weighted by Gasteiger charge is -2.33. The van der Waals surface area contributed by atoms with Crippen LogP contribution in [0.1, 0.15) is 5.56 Å². The summed E-state index contributed by atoms with van der Waals surface area (Å²) in [5.74, 6) is 4.08. The highest BCUT2D eigenvalue weighted by Crippen LogP contribution is 2.21. The summed E-state index contributed by atoms with van der Waals surface area (Å²) >= 11 is 0. The number of nitrogens with zero attached hydrogens (tertiary/aromatic N) is 4. The van der Waals surface area contributed by atoms with Crippen molar-refractivity contribution < 1.29 is 5.41 Å². The molecule has 0 aliphatic carbocycles. The van der Waals surface area contributed by atoms with E-state index >= 15 is 0 Å². The molecule has 3 N–H and O–H groups in total.